The third-order valence-corrected chi connectivity index (χ3v) is 2.79. The number of hydrogen-bond donors (Lipinski definition) is 3. The predicted molar refractivity (Wildman–Crippen MR) is 65.5 cm³/mol. The lowest BCUT2D eigenvalue weighted by molar-refractivity contribution is 0.544. The molecule has 0 aliphatic carbocycles. The Balaban J connectivity index is 2.93. The van der Waals surface area contributed by atoms with Gasteiger partial charge in [-0.05, 0) is 36.2 Å². The monoisotopic (exact) mass is 273 g/mol. The van der Waals surface area contributed by atoms with Gasteiger partial charge in [0, 0.05) is 11.7 Å². The number of halogens is 1. The zero-order valence-corrected chi connectivity index (χ0v) is 10.7. The van der Waals surface area contributed by atoms with Crippen molar-refractivity contribution in [1.29, 1.82) is 0 Å². The number of nitrogens with zero attached hydrogens (tertiary/aromatic N) is 2. The van der Waals surface area contributed by atoms with Crippen LogP contribution >= 0.6 is 15.9 Å². The van der Waals surface area contributed by atoms with Crippen LogP contribution in [0.25, 0.3) is 0 Å². The number of nitrogen functional groups attached to an aromatic ring is 1. The first-order valence-electron chi connectivity index (χ1n) is 4.76. The maximum absolute atomic E-state index is 5.25. The Labute approximate surface area is 98.0 Å². The summed E-state index contributed by atoms with van der Waals surface area (Å²) in [7, 11) is 0. The minimum Gasteiger partial charge on any atom is -0.364 e. The van der Waals surface area contributed by atoms with Gasteiger partial charge in [0.15, 0.2) is 0 Å². The molecule has 0 amide bonds. The van der Waals surface area contributed by atoms with E-state index in [0.717, 1.165) is 16.7 Å². The van der Waals surface area contributed by atoms with Crippen LogP contribution in [0.15, 0.2) is 10.7 Å². The fourth-order valence-electron chi connectivity index (χ4n) is 0.933. The summed E-state index contributed by atoms with van der Waals surface area (Å²) in [6.07, 6.45) is 2.66. The number of hydrazine groups is 1. The van der Waals surface area contributed by atoms with Gasteiger partial charge in [0.2, 0.25) is 5.95 Å². The Bertz CT molecular complexity index is 339. The lowest BCUT2D eigenvalue weighted by Gasteiger charge is -2.25. The van der Waals surface area contributed by atoms with Crippen LogP contribution in [0.2, 0.25) is 0 Å². The van der Waals surface area contributed by atoms with Gasteiger partial charge >= 0.3 is 0 Å². The van der Waals surface area contributed by atoms with Gasteiger partial charge in [-0.15, -0.1) is 0 Å². The predicted octanol–water partition coefficient (Wildman–Crippen LogP) is 2.13. The van der Waals surface area contributed by atoms with Gasteiger partial charge in [0.25, 0.3) is 0 Å². The van der Waals surface area contributed by atoms with Gasteiger partial charge in [-0.2, -0.15) is 4.98 Å². The van der Waals surface area contributed by atoms with E-state index in [4.69, 9.17) is 5.84 Å². The van der Waals surface area contributed by atoms with Crippen LogP contribution in [-0.2, 0) is 0 Å². The standard InChI is InChI=1S/C9H16BrN5/c1-4-9(2,3)14-7-6(10)5-12-8(13-7)15-11/h5H,4,11H2,1-3H3,(H2,12,13,14,15). The maximum Gasteiger partial charge on any atom is 0.239 e. The molecule has 84 valence electrons. The molecule has 5 nitrogen and oxygen atoms in total. The minimum absolute atomic E-state index is 0.0112. The van der Waals surface area contributed by atoms with E-state index in [-0.39, 0.29) is 5.54 Å². The Morgan fingerprint density at radius 3 is 2.73 bits per heavy atom. The highest BCUT2D eigenvalue weighted by molar-refractivity contribution is 9.10. The smallest absolute Gasteiger partial charge is 0.239 e. The molecule has 0 atom stereocenters. The largest absolute Gasteiger partial charge is 0.364 e. The first kappa shape index (κ1) is 12.2. The average molecular weight is 274 g/mol. The molecular formula is C9H16BrN5. The van der Waals surface area contributed by atoms with Gasteiger partial charge in [-0.25, -0.2) is 10.8 Å². The summed E-state index contributed by atoms with van der Waals surface area (Å²) >= 11 is 3.39. The van der Waals surface area contributed by atoms with Crippen LogP contribution in [0.4, 0.5) is 11.8 Å². The third kappa shape index (κ3) is 3.32. The van der Waals surface area contributed by atoms with Gasteiger partial charge in [0.05, 0.1) is 4.47 Å². The number of aromatic nitrogens is 2. The molecular weight excluding hydrogens is 258 g/mol. The van der Waals surface area contributed by atoms with E-state index >= 15 is 0 Å². The molecule has 0 unspecified atom stereocenters. The molecule has 0 radical (unpaired) electrons. The second-order valence-corrected chi connectivity index (χ2v) is 4.75. The van der Waals surface area contributed by atoms with Crippen LogP contribution in [0.1, 0.15) is 27.2 Å². The molecule has 15 heavy (non-hydrogen) atoms. The van der Waals surface area contributed by atoms with E-state index in [1.807, 2.05) is 0 Å². The Kier molecular flexibility index (Phi) is 3.87. The molecule has 0 aliphatic heterocycles. The summed E-state index contributed by atoms with van der Waals surface area (Å²) in [6.45, 7) is 6.33. The SMILES string of the molecule is CCC(C)(C)Nc1nc(NN)ncc1Br. The summed E-state index contributed by atoms with van der Waals surface area (Å²) in [5.74, 6) is 6.38. The quantitative estimate of drug-likeness (QED) is 0.579. The van der Waals surface area contributed by atoms with E-state index in [0.29, 0.717) is 5.95 Å². The fraction of sp³-hybridized carbons (Fsp3) is 0.556. The summed E-state index contributed by atoms with van der Waals surface area (Å²) in [4.78, 5) is 8.20. The van der Waals surface area contributed by atoms with E-state index in [9.17, 15) is 0 Å². The maximum atomic E-state index is 5.25. The van der Waals surface area contributed by atoms with E-state index < -0.39 is 0 Å². The van der Waals surface area contributed by atoms with Crippen molar-refractivity contribution in [3.63, 3.8) is 0 Å². The Morgan fingerprint density at radius 1 is 1.53 bits per heavy atom. The van der Waals surface area contributed by atoms with Gasteiger partial charge < -0.3 is 5.32 Å². The van der Waals surface area contributed by atoms with Crippen molar-refractivity contribution < 1.29 is 0 Å². The van der Waals surface area contributed by atoms with Crippen molar-refractivity contribution >= 4 is 27.7 Å². The molecule has 0 aliphatic rings. The molecule has 6 heteroatoms. The minimum atomic E-state index is -0.0112. The molecule has 1 rings (SSSR count). The van der Waals surface area contributed by atoms with Gasteiger partial charge in [-0.1, -0.05) is 6.92 Å². The zero-order valence-electron chi connectivity index (χ0n) is 9.13. The molecule has 0 fully saturated rings. The van der Waals surface area contributed by atoms with Crippen molar-refractivity contribution in [1.82, 2.24) is 9.97 Å². The first-order valence-corrected chi connectivity index (χ1v) is 5.55. The summed E-state index contributed by atoms with van der Waals surface area (Å²) < 4.78 is 0.822. The van der Waals surface area contributed by atoms with Gasteiger partial charge in [0.1, 0.15) is 5.82 Å². The number of rotatable bonds is 4. The number of anilines is 2. The van der Waals surface area contributed by atoms with E-state index in [2.05, 4.69) is 57.4 Å². The van der Waals surface area contributed by atoms with Crippen molar-refractivity contribution in [2.45, 2.75) is 32.7 Å². The average Bonchev–Trinajstić information content (AvgIpc) is 2.21. The molecule has 0 aromatic carbocycles. The molecule has 1 heterocycles. The number of nitrogens with two attached hydrogens (primary N) is 1. The van der Waals surface area contributed by atoms with Crippen LogP contribution in [-0.4, -0.2) is 15.5 Å². The van der Waals surface area contributed by atoms with Crippen LogP contribution in [0, 0.1) is 0 Å². The lowest BCUT2D eigenvalue weighted by atomic mass is 10.0. The highest BCUT2D eigenvalue weighted by Gasteiger charge is 2.17. The fourth-order valence-corrected chi connectivity index (χ4v) is 1.22. The molecule has 0 saturated carbocycles. The highest BCUT2D eigenvalue weighted by atomic mass is 79.9. The first-order chi connectivity index (χ1) is 6.98. The normalized spacial score (nSPS) is 11.3. The van der Waals surface area contributed by atoms with Crippen molar-refractivity contribution in [3.8, 4) is 0 Å². The van der Waals surface area contributed by atoms with E-state index in [1.54, 1.807) is 6.20 Å². The topological polar surface area (TPSA) is 75.9 Å². The summed E-state index contributed by atoms with van der Waals surface area (Å²) in [5, 5.41) is 3.32. The van der Waals surface area contributed by atoms with Crippen molar-refractivity contribution in [3.05, 3.63) is 10.7 Å². The third-order valence-electron chi connectivity index (χ3n) is 2.21. The van der Waals surface area contributed by atoms with Crippen molar-refractivity contribution in [2.75, 3.05) is 10.7 Å². The van der Waals surface area contributed by atoms with Crippen LogP contribution in [0.3, 0.4) is 0 Å². The second-order valence-electron chi connectivity index (χ2n) is 3.90. The summed E-state index contributed by atoms with van der Waals surface area (Å²) in [6, 6.07) is 0. The van der Waals surface area contributed by atoms with Gasteiger partial charge in [-0.3, -0.25) is 5.43 Å². The molecule has 4 N–H and O–H groups in total. The van der Waals surface area contributed by atoms with Crippen LogP contribution < -0.4 is 16.6 Å². The molecule has 0 bridgehead atoms. The van der Waals surface area contributed by atoms with E-state index in [1.165, 1.54) is 0 Å². The molecule has 1 aromatic heterocycles. The lowest BCUT2D eigenvalue weighted by Crippen LogP contribution is -2.30. The van der Waals surface area contributed by atoms with Crippen molar-refractivity contribution in [2.24, 2.45) is 5.84 Å². The highest BCUT2D eigenvalue weighted by Crippen LogP contribution is 2.24. The Hall–Kier alpha value is -0.880. The second kappa shape index (κ2) is 4.76. The Morgan fingerprint density at radius 2 is 2.20 bits per heavy atom. The number of hydrogen-bond acceptors (Lipinski definition) is 5. The number of nitrogens with one attached hydrogen (secondary N) is 2. The zero-order chi connectivity index (χ0) is 11.5. The molecule has 0 saturated heterocycles. The molecule has 0 spiro atoms. The summed E-state index contributed by atoms with van der Waals surface area (Å²) in [5.41, 5.74) is 2.40. The molecule has 1 aromatic rings. The van der Waals surface area contributed by atoms with Crippen LogP contribution in [0.5, 0.6) is 0 Å².